The lowest BCUT2D eigenvalue weighted by Crippen LogP contribution is -2.35. The van der Waals surface area contributed by atoms with Crippen LogP contribution in [0.25, 0.3) is 0 Å². The molecule has 1 aliphatic carbocycles. The van der Waals surface area contributed by atoms with E-state index in [1.165, 1.54) is 11.3 Å². The van der Waals surface area contributed by atoms with Crippen LogP contribution in [0.15, 0.2) is 0 Å². The Bertz CT molecular complexity index is 317. The van der Waals surface area contributed by atoms with Crippen LogP contribution in [0.4, 0.5) is 0 Å². The summed E-state index contributed by atoms with van der Waals surface area (Å²) in [7, 11) is 1.79. The van der Waals surface area contributed by atoms with Gasteiger partial charge in [0.25, 0.3) is 0 Å². The highest BCUT2D eigenvalue weighted by Gasteiger charge is 2.41. The van der Waals surface area contributed by atoms with Crippen molar-refractivity contribution < 1.29 is 4.74 Å². The fourth-order valence-electron chi connectivity index (χ4n) is 2.02. The largest absolute Gasteiger partial charge is 0.371 e. The fraction of sp³-hybridized carbons (Fsp3) is 0.727. The van der Waals surface area contributed by atoms with Gasteiger partial charge in [-0.2, -0.15) is 0 Å². The van der Waals surface area contributed by atoms with Crippen LogP contribution in [0.2, 0.25) is 0 Å². The van der Waals surface area contributed by atoms with Gasteiger partial charge in [-0.1, -0.05) is 6.92 Å². The molecule has 84 valence electrons. The van der Waals surface area contributed by atoms with E-state index in [1.807, 2.05) is 0 Å². The van der Waals surface area contributed by atoms with Crippen LogP contribution in [-0.4, -0.2) is 12.1 Å². The van der Waals surface area contributed by atoms with Crippen molar-refractivity contribution >= 4 is 11.3 Å². The van der Waals surface area contributed by atoms with Gasteiger partial charge in [-0.3, -0.25) is 0 Å². The van der Waals surface area contributed by atoms with Gasteiger partial charge in [0.05, 0.1) is 5.69 Å². The molecule has 0 aliphatic heterocycles. The normalized spacial score (nSPS) is 18.9. The van der Waals surface area contributed by atoms with Gasteiger partial charge in [-0.25, -0.2) is 4.98 Å². The molecule has 1 aromatic heterocycles. The van der Waals surface area contributed by atoms with Crippen molar-refractivity contribution in [3.05, 3.63) is 15.6 Å². The molecule has 1 fully saturated rings. The molecule has 1 aliphatic rings. The molecular weight excluding hydrogens is 208 g/mol. The van der Waals surface area contributed by atoms with Crippen molar-refractivity contribution in [3.8, 4) is 0 Å². The second-order valence-electron chi connectivity index (χ2n) is 4.00. The number of aryl methyl sites for hydroxylation is 1. The maximum atomic E-state index is 5.71. The molecule has 0 atom stereocenters. The third-order valence-corrected chi connectivity index (χ3v) is 4.55. The Labute approximate surface area is 94.7 Å². The van der Waals surface area contributed by atoms with Crippen LogP contribution in [0.1, 0.15) is 41.8 Å². The molecule has 0 amide bonds. The van der Waals surface area contributed by atoms with E-state index >= 15 is 0 Å². The Kier molecular flexibility index (Phi) is 3.09. The highest BCUT2D eigenvalue weighted by atomic mass is 32.1. The molecule has 0 aromatic carbocycles. The number of nitrogens with two attached hydrogens (primary N) is 1. The summed E-state index contributed by atoms with van der Waals surface area (Å²) in [5.41, 5.74) is 6.79. The predicted molar refractivity (Wildman–Crippen MR) is 61.9 cm³/mol. The molecule has 2 N–H and O–H groups in total. The molecule has 3 nitrogen and oxygen atoms in total. The van der Waals surface area contributed by atoms with Gasteiger partial charge in [0.15, 0.2) is 0 Å². The quantitative estimate of drug-likeness (QED) is 0.856. The Morgan fingerprint density at radius 3 is 2.60 bits per heavy atom. The molecule has 0 spiro atoms. The number of rotatable bonds is 4. The molecular formula is C11H18N2OS. The van der Waals surface area contributed by atoms with Gasteiger partial charge < -0.3 is 10.5 Å². The van der Waals surface area contributed by atoms with Gasteiger partial charge in [-0.05, 0) is 25.7 Å². The summed E-state index contributed by atoms with van der Waals surface area (Å²) in [6.45, 7) is 2.72. The highest BCUT2D eigenvalue weighted by molar-refractivity contribution is 7.11. The van der Waals surface area contributed by atoms with E-state index in [0.29, 0.717) is 6.54 Å². The summed E-state index contributed by atoms with van der Waals surface area (Å²) in [6.07, 6.45) is 4.41. The van der Waals surface area contributed by atoms with Crippen molar-refractivity contribution in [2.75, 3.05) is 7.11 Å². The molecule has 1 aromatic rings. The van der Waals surface area contributed by atoms with E-state index < -0.39 is 0 Å². The van der Waals surface area contributed by atoms with Crippen molar-refractivity contribution in [1.82, 2.24) is 4.98 Å². The Balaban J connectivity index is 2.32. The zero-order valence-corrected chi connectivity index (χ0v) is 10.2. The maximum Gasteiger partial charge on any atom is 0.125 e. The lowest BCUT2D eigenvalue weighted by Gasteiger charge is -2.38. The first-order valence-electron chi connectivity index (χ1n) is 5.50. The Morgan fingerprint density at radius 2 is 2.27 bits per heavy atom. The summed E-state index contributed by atoms with van der Waals surface area (Å²) < 4.78 is 5.62. The monoisotopic (exact) mass is 226 g/mol. The number of hydrogen-bond acceptors (Lipinski definition) is 4. The third kappa shape index (κ3) is 1.71. The first kappa shape index (κ1) is 11.0. The second-order valence-corrected chi connectivity index (χ2v) is 5.08. The van der Waals surface area contributed by atoms with Gasteiger partial charge in [0.1, 0.15) is 10.6 Å². The number of methoxy groups -OCH3 is 1. The molecule has 2 rings (SSSR count). The van der Waals surface area contributed by atoms with Crippen molar-refractivity contribution in [2.45, 2.75) is 44.8 Å². The van der Waals surface area contributed by atoms with Crippen molar-refractivity contribution in [3.63, 3.8) is 0 Å². The topological polar surface area (TPSA) is 48.1 Å². The van der Waals surface area contributed by atoms with Crippen LogP contribution in [0.3, 0.4) is 0 Å². The van der Waals surface area contributed by atoms with Gasteiger partial charge in [-0.15, -0.1) is 11.3 Å². The Hall–Kier alpha value is -0.450. The van der Waals surface area contributed by atoms with Crippen LogP contribution >= 0.6 is 11.3 Å². The van der Waals surface area contributed by atoms with E-state index in [2.05, 4.69) is 11.9 Å². The third-order valence-electron chi connectivity index (χ3n) is 3.24. The van der Waals surface area contributed by atoms with Crippen LogP contribution < -0.4 is 5.73 Å². The lowest BCUT2D eigenvalue weighted by molar-refractivity contribution is -0.0780. The van der Waals surface area contributed by atoms with Gasteiger partial charge in [0.2, 0.25) is 0 Å². The minimum atomic E-state index is -0.0813. The van der Waals surface area contributed by atoms with E-state index in [9.17, 15) is 0 Å². The molecule has 1 heterocycles. The molecule has 1 saturated carbocycles. The zero-order valence-electron chi connectivity index (χ0n) is 9.38. The van der Waals surface area contributed by atoms with Gasteiger partial charge >= 0.3 is 0 Å². The highest BCUT2D eigenvalue weighted by Crippen LogP contribution is 2.46. The zero-order chi connectivity index (χ0) is 10.9. The predicted octanol–water partition coefficient (Wildman–Crippen LogP) is 2.19. The smallest absolute Gasteiger partial charge is 0.125 e. The van der Waals surface area contributed by atoms with E-state index in [1.54, 1.807) is 18.4 Å². The standard InChI is InChI=1S/C11H18N2OS/c1-3-8-9(7-12)15-10(13-8)11(14-2)5-4-6-11/h3-7,12H2,1-2H3. The maximum absolute atomic E-state index is 5.71. The number of nitrogens with zero attached hydrogens (tertiary/aromatic N) is 1. The molecule has 0 saturated heterocycles. The first-order chi connectivity index (χ1) is 7.25. The van der Waals surface area contributed by atoms with E-state index in [0.717, 1.165) is 30.0 Å². The molecule has 0 radical (unpaired) electrons. The molecule has 0 bridgehead atoms. The molecule has 15 heavy (non-hydrogen) atoms. The summed E-state index contributed by atoms with van der Waals surface area (Å²) in [4.78, 5) is 5.90. The summed E-state index contributed by atoms with van der Waals surface area (Å²) in [5.74, 6) is 0. The van der Waals surface area contributed by atoms with Gasteiger partial charge in [0, 0.05) is 18.5 Å². The number of ether oxygens (including phenoxy) is 1. The van der Waals surface area contributed by atoms with Crippen LogP contribution in [0, 0.1) is 0 Å². The number of thiazole rings is 1. The first-order valence-corrected chi connectivity index (χ1v) is 6.31. The Morgan fingerprint density at radius 1 is 1.53 bits per heavy atom. The summed E-state index contributed by atoms with van der Waals surface area (Å²) in [6, 6.07) is 0. The molecule has 4 heteroatoms. The minimum Gasteiger partial charge on any atom is -0.371 e. The lowest BCUT2D eigenvalue weighted by atomic mass is 9.80. The van der Waals surface area contributed by atoms with E-state index in [4.69, 9.17) is 10.5 Å². The minimum absolute atomic E-state index is 0.0813. The number of aromatic nitrogens is 1. The second kappa shape index (κ2) is 4.20. The fourth-order valence-corrected chi connectivity index (χ4v) is 3.27. The number of hydrogen-bond donors (Lipinski definition) is 1. The van der Waals surface area contributed by atoms with Crippen LogP contribution in [0.5, 0.6) is 0 Å². The molecule has 0 unspecified atom stereocenters. The summed E-state index contributed by atoms with van der Waals surface area (Å²) >= 11 is 1.73. The van der Waals surface area contributed by atoms with Crippen molar-refractivity contribution in [2.24, 2.45) is 5.73 Å². The van der Waals surface area contributed by atoms with E-state index in [-0.39, 0.29) is 5.60 Å². The summed E-state index contributed by atoms with van der Waals surface area (Å²) in [5, 5.41) is 1.13. The average molecular weight is 226 g/mol. The van der Waals surface area contributed by atoms with Crippen molar-refractivity contribution in [1.29, 1.82) is 0 Å². The van der Waals surface area contributed by atoms with Crippen LogP contribution in [-0.2, 0) is 23.3 Å². The average Bonchev–Trinajstić information content (AvgIpc) is 2.60. The SMILES string of the molecule is CCc1nc(C2(OC)CCC2)sc1CN.